The molecule has 4 amide bonds. The lowest BCUT2D eigenvalue weighted by molar-refractivity contribution is 0.110. The van der Waals surface area contributed by atoms with E-state index in [-0.39, 0.29) is 37.1 Å². The number of hydrogen-bond donors (Lipinski definition) is 3. The Bertz CT molecular complexity index is 1590. The van der Waals surface area contributed by atoms with Crippen LogP contribution in [0.5, 0.6) is 0 Å². The molecule has 4 rings (SSSR count). The second-order valence-electron chi connectivity index (χ2n) is 9.36. The van der Waals surface area contributed by atoms with Crippen molar-refractivity contribution in [1.29, 1.82) is 0 Å². The van der Waals surface area contributed by atoms with E-state index in [1.807, 2.05) is 18.2 Å². The summed E-state index contributed by atoms with van der Waals surface area (Å²) in [5.74, 6) is -0.936. The second kappa shape index (κ2) is 14.8. The first-order chi connectivity index (χ1) is 20.7. The Hall–Kier alpha value is -4.97. The molecule has 1 aromatic heterocycles. The van der Waals surface area contributed by atoms with Crippen LogP contribution in [0.15, 0.2) is 79.0 Å². The van der Waals surface area contributed by atoms with Crippen LogP contribution in [-0.4, -0.2) is 54.3 Å². The molecule has 0 aliphatic carbocycles. The van der Waals surface area contributed by atoms with Crippen LogP contribution in [-0.2, 0) is 22.6 Å². The summed E-state index contributed by atoms with van der Waals surface area (Å²) in [5, 5.41) is 8.74. The van der Waals surface area contributed by atoms with Crippen molar-refractivity contribution in [2.24, 2.45) is 0 Å². The van der Waals surface area contributed by atoms with Crippen LogP contribution in [0.3, 0.4) is 0 Å². The lowest BCUT2D eigenvalue weighted by Gasteiger charge is -2.28. The maximum atomic E-state index is 13.8. The number of nitrogens with zero attached hydrogens (tertiary/aromatic N) is 2. The maximum Gasteiger partial charge on any atom is 0.412 e. The molecule has 0 spiro atoms. The van der Waals surface area contributed by atoms with Crippen molar-refractivity contribution >= 4 is 46.4 Å². The zero-order chi connectivity index (χ0) is 30.8. The van der Waals surface area contributed by atoms with Gasteiger partial charge in [-0.3, -0.25) is 5.32 Å². The highest BCUT2D eigenvalue weighted by atomic mass is 35.5. The van der Waals surface area contributed by atoms with E-state index in [0.29, 0.717) is 16.3 Å². The maximum absolute atomic E-state index is 13.8. The van der Waals surface area contributed by atoms with Crippen molar-refractivity contribution in [2.45, 2.75) is 19.2 Å². The molecule has 224 valence electrons. The molecule has 10 nitrogen and oxygen atoms in total. The van der Waals surface area contributed by atoms with Gasteiger partial charge in [0.25, 0.3) is 0 Å². The number of amides is 4. The molecule has 0 bridgehead atoms. The van der Waals surface area contributed by atoms with Gasteiger partial charge in [0.1, 0.15) is 30.7 Å². The van der Waals surface area contributed by atoms with Crippen LogP contribution >= 0.6 is 11.6 Å². The largest absolute Gasteiger partial charge is 0.447 e. The molecule has 0 aliphatic heterocycles. The number of aromatic nitrogens is 1. The summed E-state index contributed by atoms with van der Waals surface area (Å²) in [7, 11) is 1.44. The van der Waals surface area contributed by atoms with Crippen molar-refractivity contribution in [3.05, 3.63) is 107 Å². The first kappa shape index (κ1) is 31.0. The molecular formula is C30H28ClF2N5O5. The Kier molecular flexibility index (Phi) is 10.6. The molecule has 3 N–H and O–H groups in total. The van der Waals surface area contributed by atoms with E-state index in [9.17, 15) is 23.2 Å². The highest BCUT2D eigenvalue weighted by molar-refractivity contribution is 6.31. The number of carbonyl (C=O) groups excluding carboxylic acids is 3. The Labute approximate surface area is 250 Å². The fourth-order valence-corrected chi connectivity index (χ4v) is 4.11. The third-order valence-corrected chi connectivity index (χ3v) is 6.77. The smallest absolute Gasteiger partial charge is 0.412 e. The van der Waals surface area contributed by atoms with Crippen molar-refractivity contribution in [1.82, 2.24) is 20.5 Å². The van der Waals surface area contributed by atoms with Crippen molar-refractivity contribution in [3.8, 4) is 0 Å². The zero-order valence-electron chi connectivity index (χ0n) is 23.0. The molecule has 0 aliphatic rings. The Balaban J connectivity index is 1.37. The minimum Gasteiger partial charge on any atom is -0.447 e. The number of pyridine rings is 1. The molecule has 1 atom stereocenters. The van der Waals surface area contributed by atoms with E-state index in [0.717, 1.165) is 5.56 Å². The van der Waals surface area contributed by atoms with Gasteiger partial charge in [-0.05, 0) is 46.8 Å². The number of nitrogens with one attached hydrogen (secondary N) is 3. The standard InChI is InChI=1S/C30H28ClF2N5O5/c1-38(28(39)35-15-21-8-5-9-25(33)27(21)31)24(16-36-29(40)42-17-19-6-3-2-4-7-19)18-43-30(41)37-26-13-22-12-23(32)11-10-20(22)14-34-26/h2-14,24H,15-18H2,1H3,(H,35,39)(H,36,40)(H,34,37,41)/t24-/m0/s1. The topological polar surface area (TPSA) is 122 Å². The highest BCUT2D eigenvalue weighted by Gasteiger charge is 2.23. The average Bonchev–Trinajstić information content (AvgIpc) is 3.00. The van der Waals surface area contributed by atoms with E-state index < -0.39 is 35.9 Å². The zero-order valence-corrected chi connectivity index (χ0v) is 23.7. The summed E-state index contributed by atoms with van der Waals surface area (Å²) in [5.41, 5.74) is 1.15. The molecular weight excluding hydrogens is 584 g/mol. The number of likely N-dealkylation sites (N-methyl/N-ethyl adjacent to an activating group) is 1. The lowest BCUT2D eigenvalue weighted by atomic mass is 10.2. The first-order valence-corrected chi connectivity index (χ1v) is 13.4. The summed E-state index contributed by atoms with van der Waals surface area (Å²) in [4.78, 5) is 43.2. The fourth-order valence-electron chi connectivity index (χ4n) is 3.92. The number of rotatable bonds is 10. The van der Waals surface area contributed by atoms with Crippen LogP contribution in [0.2, 0.25) is 5.02 Å². The van der Waals surface area contributed by atoms with Crippen molar-refractivity contribution < 1.29 is 32.6 Å². The lowest BCUT2D eigenvalue weighted by Crippen LogP contribution is -2.51. The van der Waals surface area contributed by atoms with Gasteiger partial charge in [0.2, 0.25) is 0 Å². The van der Waals surface area contributed by atoms with E-state index in [2.05, 4.69) is 20.9 Å². The fraction of sp³-hybridized carbons (Fsp3) is 0.200. The Morgan fingerprint density at radius 2 is 1.72 bits per heavy atom. The van der Waals surface area contributed by atoms with Gasteiger partial charge >= 0.3 is 18.2 Å². The van der Waals surface area contributed by atoms with Gasteiger partial charge in [0.15, 0.2) is 0 Å². The van der Waals surface area contributed by atoms with Crippen molar-refractivity contribution in [2.75, 3.05) is 25.5 Å². The summed E-state index contributed by atoms with van der Waals surface area (Å²) in [6.45, 7) is -0.519. The molecule has 0 unspecified atom stereocenters. The van der Waals surface area contributed by atoms with Gasteiger partial charge in [0, 0.05) is 31.7 Å². The summed E-state index contributed by atoms with van der Waals surface area (Å²) < 4.78 is 37.9. The quantitative estimate of drug-likeness (QED) is 0.207. The van der Waals surface area contributed by atoms with Gasteiger partial charge in [0.05, 0.1) is 11.1 Å². The molecule has 13 heteroatoms. The first-order valence-electron chi connectivity index (χ1n) is 13.1. The number of carbonyl (C=O) groups is 3. The van der Waals surface area contributed by atoms with Crippen LogP contribution in [0.1, 0.15) is 11.1 Å². The average molecular weight is 612 g/mol. The SMILES string of the molecule is CN(C(=O)NCc1cccc(F)c1Cl)[C@@H](CNC(=O)OCc1ccccc1)COC(=O)Nc1cc2cc(F)ccc2cn1. The highest BCUT2D eigenvalue weighted by Crippen LogP contribution is 2.20. The molecule has 43 heavy (non-hydrogen) atoms. The molecule has 3 aromatic carbocycles. The monoisotopic (exact) mass is 611 g/mol. The normalized spacial score (nSPS) is 11.3. The van der Waals surface area contributed by atoms with Crippen LogP contribution in [0.4, 0.5) is 29.0 Å². The van der Waals surface area contributed by atoms with Gasteiger partial charge < -0.3 is 25.0 Å². The Morgan fingerprint density at radius 1 is 0.930 bits per heavy atom. The number of urea groups is 1. The molecule has 0 saturated carbocycles. The molecule has 1 heterocycles. The minimum absolute atomic E-state index is 0.0314. The van der Waals surface area contributed by atoms with Crippen molar-refractivity contribution in [3.63, 3.8) is 0 Å². The van der Waals surface area contributed by atoms with E-state index >= 15 is 0 Å². The van der Waals surface area contributed by atoms with Gasteiger partial charge in [-0.1, -0.05) is 54.1 Å². The summed E-state index contributed by atoms with van der Waals surface area (Å²) >= 11 is 5.98. The number of alkyl carbamates (subject to hydrolysis) is 1. The van der Waals surface area contributed by atoms with Gasteiger partial charge in [-0.25, -0.2) is 28.1 Å². The number of anilines is 1. The number of hydrogen-bond acceptors (Lipinski definition) is 6. The van der Waals surface area contributed by atoms with Gasteiger partial charge in [-0.15, -0.1) is 0 Å². The molecule has 0 fully saturated rings. The van der Waals surface area contributed by atoms with Crippen LogP contribution < -0.4 is 16.0 Å². The number of ether oxygens (including phenoxy) is 2. The van der Waals surface area contributed by atoms with E-state index in [1.165, 1.54) is 48.5 Å². The van der Waals surface area contributed by atoms with Crippen LogP contribution in [0, 0.1) is 11.6 Å². The van der Waals surface area contributed by atoms with Gasteiger partial charge in [-0.2, -0.15) is 0 Å². The third-order valence-electron chi connectivity index (χ3n) is 6.35. The number of halogens is 3. The predicted octanol–water partition coefficient (Wildman–Crippen LogP) is 5.85. The van der Waals surface area contributed by atoms with E-state index in [1.54, 1.807) is 24.3 Å². The molecule has 0 saturated heterocycles. The molecule has 0 radical (unpaired) electrons. The summed E-state index contributed by atoms with van der Waals surface area (Å²) in [6, 6.07) is 17.5. The number of benzene rings is 3. The molecule has 4 aromatic rings. The van der Waals surface area contributed by atoms with E-state index in [4.69, 9.17) is 21.1 Å². The number of fused-ring (bicyclic) bond motifs is 1. The van der Waals surface area contributed by atoms with Crippen LogP contribution in [0.25, 0.3) is 10.8 Å². The third kappa shape index (κ3) is 9.01. The predicted molar refractivity (Wildman–Crippen MR) is 156 cm³/mol. The minimum atomic E-state index is -0.889. The Morgan fingerprint density at radius 3 is 2.51 bits per heavy atom. The summed E-state index contributed by atoms with van der Waals surface area (Å²) in [6.07, 6.45) is -0.160. The second-order valence-corrected chi connectivity index (χ2v) is 9.74.